The molecule has 3 nitrogen and oxygen atoms in total. The van der Waals surface area contributed by atoms with Gasteiger partial charge in [-0.3, -0.25) is 4.68 Å². The second kappa shape index (κ2) is 5.17. The third-order valence-electron chi connectivity index (χ3n) is 4.13. The third kappa shape index (κ3) is 2.56. The highest BCUT2D eigenvalue weighted by Crippen LogP contribution is 2.24. The summed E-state index contributed by atoms with van der Waals surface area (Å²) in [4.78, 5) is 0. The lowest BCUT2D eigenvalue weighted by Gasteiger charge is -2.16. The fraction of sp³-hybridized carbons (Fsp3) is 0.438. The predicted octanol–water partition coefficient (Wildman–Crippen LogP) is 2.90. The summed E-state index contributed by atoms with van der Waals surface area (Å²) in [6.45, 7) is 8.43. The van der Waals surface area contributed by atoms with Crippen molar-refractivity contribution in [2.24, 2.45) is 12.8 Å². The monoisotopic (exact) mass is 257 g/mol. The number of nitrogens with zero attached hydrogens (tertiary/aromatic N) is 2. The zero-order chi connectivity index (χ0) is 14.2. The van der Waals surface area contributed by atoms with E-state index in [0.717, 1.165) is 12.1 Å². The van der Waals surface area contributed by atoms with E-state index in [1.165, 1.54) is 27.9 Å². The van der Waals surface area contributed by atoms with E-state index in [2.05, 4.69) is 51.0 Å². The molecule has 1 heterocycles. The largest absolute Gasteiger partial charge is 0.324 e. The molecule has 0 amide bonds. The Bertz CT molecular complexity index is 596. The molecule has 102 valence electrons. The van der Waals surface area contributed by atoms with E-state index >= 15 is 0 Å². The zero-order valence-corrected chi connectivity index (χ0v) is 12.5. The molecule has 0 bridgehead atoms. The Morgan fingerprint density at radius 1 is 1.21 bits per heavy atom. The van der Waals surface area contributed by atoms with Crippen molar-refractivity contribution in [1.29, 1.82) is 0 Å². The summed E-state index contributed by atoms with van der Waals surface area (Å²) in [5.41, 5.74) is 13.8. The molecule has 1 atom stereocenters. The molecule has 3 heteroatoms. The first-order valence-corrected chi connectivity index (χ1v) is 6.72. The SMILES string of the molecule is Cc1cccc(C(N)Cc2c(C)nn(C)c2C)c1C. The van der Waals surface area contributed by atoms with Gasteiger partial charge in [0.25, 0.3) is 0 Å². The van der Waals surface area contributed by atoms with Gasteiger partial charge in [-0.1, -0.05) is 18.2 Å². The number of benzene rings is 1. The van der Waals surface area contributed by atoms with Crippen LogP contribution in [0.4, 0.5) is 0 Å². The van der Waals surface area contributed by atoms with E-state index < -0.39 is 0 Å². The molecule has 0 aliphatic rings. The molecule has 2 rings (SSSR count). The van der Waals surface area contributed by atoms with Crippen molar-refractivity contribution < 1.29 is 0 Å². The van der Waals surface area contributed by atoms with Gasteiger partial charge in [0.2, 0.25) is 0 Å². The minimum atomic E-state index is 0.0292. The van der Waals surface area contributed by atoms with Crippen LogP contribution in [-0.2, 0) is 13.5 Å². The van der Waals surface area contributed by atoms with Crippen LogP contribution in [0.3, 0.4) is 0 Å². The topological polar surface area (TPSA) is 43.8 Å². The van der Waals surface area contributed by atoms with Crippen LogP contribution in [0.1, 0.15) is 39.7 Å². The second-order valence-electron chi connectivity index (χ2n) is 5.37. The van der Waals surface area contributed by atoms with Gasteiger partial charge in [0, 0.05) is 18.8 Å². The zero-order valence-electron chi connectivity index (χ0n) is 12.5. The molecule has 0 radical (unpaired) electrons. The molecule has 0 spiro atoms. The quantitative estimate of drug-likeness (QED) is 0.918. The van der Waals surface area contributed by atoms with E-state index in [-0.39, 0.29) is 6.04 Å². The van der Waals surface area contributed by atoms with Gasteiger partial charge in [-0.2, -0.15) is 5.10 Å². The Labute approximate surface area is 115 Å². The first kappa shape index (κ1) is 13.8. The van der Waals surface area contributed by atoms with E-state index in [1.807, 2.05) is 11.7 Å². The lowest BCUT2D eigenvalue weighted by atomic mass is 9.93. The van der Waals surface area contributed by atoms with Gasteiger partial charge >= 0.3 is 0 Å². The van der Waals surface area contributed by atoms with Crippen molar-refractivity contribution in [2.45, 2.75) is 40.2 Å². The van der Waals surface area contributed by atoms with Crippen molar-refractivity contribution >= 4 is 0 Å². The van der Waals surface area contributed by atoms with Crippen LogP contribution in [-0.4, -0.2) is 9.78 Å². The highest BCUT2D eigenvalue weighted by molar-refractivity contribution is 5.37. The number of hydrogen-bond donors (Lipinski definition) is 1. The minimum absolute atomic E-state index is 0.0292. The Hall–Kier alpha value is -1.61. The molecule has 1 aromatic carbocycles. The molecule has 0 aliphatic heterocycles. The Kier molecular flexibility index (Phi) is 3.76. The van der Waals surface area contributed by atoms with E-state index in [9.17, 15) is 0 Å². The molecular weight excluding hydrogens is 234 g/mol. The summed E-state index contributed by atoms with van der Waals surface area (Å²) >= 11 is 0. The molecule has 19 heavy (non-hydrogen) atoms. The maximum absolute atomic E-state index is 6.41. The predicted molar refractivity (Wildman–Crippen MR) is 79.2 cm³/mol. The van der Waals surface area contributed by atoms with Gasteiger partial charge < -0.3 is 5.73 Å². The maximum Gasteiger partial charge on any atom is 0.0629 e. The lowest BCUT2D eigenvalue weighted by molar-refractivity contribution is 0.703. The van der Waals surface area contributed by atoms with Crippen molar-refractivity contribution in [3.8, 4) is 0 Å². The van der Waals surface area contributed by atoms with Gasteiger partial charge in [-0.25, -0.2) is 0 Å². The van der Waals surface area contributed by atoms with Gasteiger partial charge in [-0.05, 0) is 56.4 Å². The summed E-state index contributed by atoms with van der Waals surface area (Å²) < 4.78 is 1.93. The van der Waals surface area contributed by atoms with Crippen molar-refractivity contribution in [1.82, 2.24) is 9.78 Å². The molecular formula is C16H23N3. The van der Waals surface area contributed by atoms with Gasteiger partial charge in [-0.15, -0.1) is 0 Å². The van der Waals surface area contributed by atoms with E-state index in [1.54, 1.807) is 0 Å². The summed E-state index contributed by atoms with van der Waals surface area (Å²) in [6.07, 6.45) is 0.843. The maximum atomic E-state index is 6.41. The van der Waals surface area contributed by atoms with Gasteiger partial charge in [0.15, 0.2) is 0 Å². The lowest BCUT2D eigenvalue weighted by Crippen LogP contribution is -2.16. The average molecular weight is 257 g/mol. The van der Waals surface area contributed by atoms with Crippen molar-refractivity contribution in [2.75, 3.05) is 0 Å². The van der Waals surface area contributed by atoms with Crippen LogP contribution in [0.25, 0.3) is 0 Å². The summed E-state index contributed by atoms with van der Waals surface area (Å²) in [7, 11) is 1.98. The molecule has 0 aliphatic carbocycles. The van der Waals surface area contributed by atoms with E-state index in [4.69, 9.17) is 5.73 Å². The molecule has 1 aromatic heterocycles. The first-order valence-electron chi connectivity index (χ1n) is 6.72. The molecule has 1 unspecified atom stereocenters. The van der Waals surface area contributed by atoms with Crippen molar-refractivity contribution in [3.63, 3.8) is 0 Å². The summed E-state index contributed by atoms with van der Waals surface area (Å²) in [5.74, 6) is 0. The fourth-order valence-corrected chi connectivity index (χ4v) is 2.62. The summed E-state index contributed by atoms with van der Waals surface area (Å²) in [6, 6.07) is 6.38. The first-order chi connectivity index (χ1) is 8.91. The van der Waals surface area contributed by atoms with Crippen LogP contribution in [0.15, 0.2) is 18.2 Å². The number of hydrogen-bond acceptors (Lipinski definition) is 2. The van der Waals surface area contributed by atoms with Crippen LogP contribution in [0, 0.1) is 27.7 Å². The molecule has 2 N–H and O–H groups in total. The molecule has 0 saturated carbocycles. The number of rotatable bonds is 3. The second-order valence-corrected chi connectivity index (χ2v) is 5.37. The van der Waals surface area contributed by atoms with Gasteiger partial charge in [0.05, 0.1) is 5.69 Å². The molecule has 0 fully saturated rings. The van der Waals surface area contributed by atoms with Crippen LogP contribution in [0.2, 0.25) is 0 Å². The Morgan fingerprint density at radius 2 is 1.89 bits per heavy atom. The average Bonchev–Trinajstić information content (AvgIpc) is 2.59. The van der Waals surface area contributed by atoms with Crippen LogP contribution >= 0.6 is 0 Å². The standard InChI is InChI=1S/C16H23N3/c1-10-7-6-8-14(11(10)2)16(17)9-15-12(3)18-19(5)13(15)4/h6-8,16H,9,17H2,1-5H3. The smallest absolute Gasteiger partial charge is 0.0629 e. The minimum Gasteiger partial charge on any atom is -0.324 e. The van der Waals surface area contributed by atoms with Crippen molar-refractivity contribution in [3.05, 3.63) is 51.8 Å². The normalized spacial score (nSPS) is 12.7. The highest BCUT2D eigenvalue weighted by Gasteiger charge is 2.16. The Morgan fingerprint density at radius 3 is 2.47 bits per heavy atom. The van der Waals surface area contributed by atoms with E-state index in [0.29, 0.717) is 0 Å². The number of nitrogens with two attached hydrogens (primary N) is 1. The van der Waals surface area contributed by atoms with Crippen LogP contribution in [0.5, 0.6) is 0 Å². The fourth-order valence-electron chi connectivity index (χ4n) is 2.62. The Balaban J connectivity index is 2.31. The highest BCUT2D eigenvalue weighted by atomic mass is 15.3. The number of aromatic nitrogens is 2. The number of aryl methyl sites for hydroxylation is 3. The molecule has 2 aromatic rings. The third-order valence-corrected chi connectivity index (χ3v) is 4.13. The van der Waals surface area contributed by atoms with Gasteiger partial charge in [0.1, 0.15) is 0 Å². The summed E-state index contributed by atoms with van der Waals surface area (Å²) in [5, 5.41) is 4.46. The van der Waals surface area contributed by atoms with Crippen LogP contribution < -0.4 is 5.73 Å². The molecule has 0 saturated heterocycles.